The van der Waals surface area contributed by atoms with Crippen molar-refractivity contribution >= 4 is 23.6 Å². The molecule has 3 rings (SSSR count). The molecule has 9 heteroatoms. The van der Waals surface area contributed by atoms with E-state index in [0.717, 1.165) is 6.42 Å². The van der Waals surface area contributed by atoms with Gasteiger partial charge in [-0.25, -0.2) is 4.79 Å². The number of carbonyl (C=O) groups excluding carboxylic acids is 2. The number of carboxylic acids is 1. The molecule has 3 amide bonds. The summed E-state index contributed by atoms with van der Waals surface area (Å²) in [4.78, 5) is 37.6. The highest BCUT2D eigenvalue weighted by Gasteiger charge is 2.39. The van der Waals surface area contributed by atoms with Crippen LogP contribution in [0.2, 0.25) is 0 Å². The number of urea groups is 1. The molecule has 2 aliphatic heterocycles. The number of hydrogen-bond acceptors (Lipinski definition) is 5. The van der Waals surface area contributed by atoms with Gasteiger partial charge < -0.3 is 30.1 Å². The Balaban J connectivity index is 1.77. The molecule has 158 valence electrons. The molecule has 0 unspecified atom stereocenters. The van der Waals surface area contributed by atoms with Crippen LogP contribution in [0.3, 0.4) is 0 Å². The second-order valence-electron chi connectivity index (χ2n) is 7.36. The number of likely N-dealkylation sites (N-methyl/N-ethyl adjacent to an activating group) is 1. The number of rotatable bonds is 5. The molecule has 1 aromatic rings. The first-order valence-corrected chi connectivity index (χ1v) is 9.85. The van der Waals surface area contributed by atoms with Crippen molar-refractivity contribution in [3.05, 3.63) is 23.8 Å². The van der Waals surface area contributed by atoms with Crippen LogP contribution in [0.1, 0.15) is 43.0 Å². The van der Waals surface area contributed by atoms with E-state index in [1.807, 2.05) is 6.92 Å². The number of carbonyl (C=O) groups is 3. The van der Waals surface area contributed by atoms with Crippen LogP contribution >= 0.6 is 0 Å². The van der Waals surface area contributed by atoms with Crippen LogP contribution in [0, 0.1) is 0 Å². The molecular weight excluding hydrogens is 378 g/mol. The van der Waals surface area contributed by atoms with Gasteiger partial charge in [0.2, 0.25) is 0 Å². The van der Waals surface area contributed by atoms with E-state index in [2.05, 4.69) is 10.6 Å². The number of benzene rings is 1. The van der Waals surface area contributed by atoms with Crippen molar-refractivity contribution in [3.63, 3.8) is 0 Å². The van der Waals surface area contributed by atoms with Crippen LogP contribution in [-0.2, 0) is 9.53 Å². The van der Waals surface area contributed by atoms with Gasteiger partial charge in [0.05, 0.1) is 24.1 Å². The summed E-state index contributed by atoms with van der Waals surface area (Å²) in [6, 6.07) is 4.39. The van der Waals surface area contributed by atoms with Crippen LogP contribution in [0.25, 0.3) is 0 Å². The van der Waals surface area contributed by atoms with Crippen molar-refractivity contribution in [2.24, 2.45) is 0 Å². The lowest BCUT2D eigenvalue weighted by atomic mass is 9.94. The minimum atomic E-state index is -0.905. The second kappa shape index (κ2) is 9.13. The first-order chi connectivity index (χ1) is 13.9. The van der Waals surface area contributed by atoms with E-state index >= 15 is 0 Å². The number of hydrogen-bond donors (Lipinski definition) is 3. The summed E-state index contributed by atoms with van der Waals surface area (Å²) in [5.41, 5.74) is 0.869. The summed E-state index contributed by atoms with van der Waals surface area (Å²) in [5, 5.41) is 14.5. The summed E-state index contributed by atoms with van der Waals surface area (Å²) in [7, 11) is 1.71. The standard InChI is InChI=1S/C20H27N3O6/c1-3-8-21-20(27)22-12-4-7-16-14(9-12)19(26)23(2)15-6-5-13(10-18(24)25)29-17(15)11-28-16/h4,7,9,13,15,17H,3,5-6,8,10-11H2,1-2H3,(H,24,25)(H2,21,22,27)/t13-,15-,17+/m0/s1. The Kier molecular flexibility index (Phi) is 6.58. The molecule has 0 aliphatic carbocycles. The average Bonchev–Trinajstić information content (AvgIpc) is 2.69. The van der Waals surface area contributed by atoms with Gasteiger partial charge in [-0.2, -0.15) is 0 Å². The number of amides is 3. The third-order valence-electron chi connectivity index (χ3n) is 5.21. The maximum Gasteiger partial charge on any atom is 0.319 e. The number of ether oxygens (including phenoxy) is 2. The molecular formula is C20H27N3O6. The van der Waals surface area contributed by atoms with E-state index in [4.69, 9.17) is 14.6 Å². The fourth-order valence-electron chi connectivity index (χ4n) is 3.71. The highest BCUT2D eigenvalue weighted by Crippen LogP contribution is 2.32. The van der Waals surface area contributed by atoms with Crippen molar-refractivity contribution in [1.82, 2.24) is 10.2 Å². The fraction of sp³-hybridized carbons (Fsp3) is 0.550. The summed E-state index contributed by atoms with van der Waals surface area (Å²) in [5.74, 6) is -0.727. The average molecular weight is 405 g/mol. The molecule has 0 spiro atoms. The zero-order valence-electron chi connectivity index (χ0n) is 16.6. The van der Waals surface area contributed by atoms with Gasteiger partial charge in [0.15, 0.2) is 0 Å². The quantitative estimate of drug-likeness (QED) is 0.690. The minimum Gasteiger partial charge on any atom is -0.490 e. The number of aliphatic carboxylic acids is 1. The number of nitrogens with one attached hydrogen (secondary N) is 2. The first-order valence-electron chi connectivity index (χ1n) is 9.85. The summed E-state index contributed by atoms with van der Waals surface area (Å²) in [6.07, 6.45) is 1.19. The van der Waals surface area contributed by atoms with E-state index in [1.165, 1.54) is 0 Å². The first kappa shape index (κ1) is 20.9. The van der Waals surface area contributed by atoms with Gasteiger partial charge in [0.1, 0.15) is 18.5 Å². The number of nitrogens with zero attached hydrogens (tertiary/aromatic N) is 1. The predicted octanol–water partition coefficient (Wildman–Crippen LogP) is 2.07. The lowest BCUT2D eigenvalue weighted by Gasteiger charge is -2.42. The van der Waals surface area contributed by atoms with Gasteiger partial charge in [-0.15, -0.1) is 0 Å². The molecule has 9 nitrogen and oxygen atoms in total. The predicted molar refractivity (Wildman–Crippen MR) is 105 cm³/mol. The monoisotopic (exact) mass is 405 g/mol. The summed E-state index contributed by atoms with van der Waals surface area (Å²) in [6.45, 7) is 2.74. The van der Waals surface area contributed by atoms with Crippen LogP contribution in [0.5, 0.6) is 5.75 Å². The largest absolute Gasteiger partial charge is 0.490 e. The Labute approximate surface area is 169 Å². The molecule has 3 atom stereocenters. The van der Waals surface area contributed by atoms with Crippen molar-refractivity contribution in [1.29, 1.82) is 0 Å². The smallest absolute Gasteiger partial charge is 0.319 e. The molecule has 1 saturated heterocycles. The Hall–Kier alpha value is -2.81. The Morgan fingerprint density at radius 1 is 1.31 bits per heavy atom. The molecule has 0 bridgehead atoms. The van der Waals surface area contributed by atoms with Gasteiger partial charge in [-0.1, -0.05) is 6.92 Å². The van der Waals surface area contributed by atoms with Crippen LogP contribution < -0.4 is 15.4 Å². The SMILES string of the molecule is CCCNC(=O)Nc1ccc2c(c1)C(=O)N(C)[C@H]1CC[C@@H](CC(=O)O)O[C@@H]1CO2. The van der Waals surface area contributed by atoms with Gasteiger partial charge in [0.25, 0.3) is 5.91 Å². The molecule has 1 fully saturated rings. The maximum absolute atomic E-state index is 13.1. The van der Waals surface area contributed by atoms with E-state index in [1.54, 1.807) is 30.1 Å². The normalized spacial score (nSPS) is 23.7. The van der Waals surface area contributed by atoms with Gasteiger partial charge >= 0.3 is 12.0 Å². The van der Waals surface area contributed by atoms with E-state index < -0.39 is 12.1 Å². The molecule has 1 aromatic carbocycles. The van der Waals surface area contributed by atoms with Crippen LogP contribution in [-0.4, -0.2) is 66.4 Å². The molecule has 0 radical (unpaired) electrons. The topological polar surface area (TPSA) is 117 Å². The van der Waals surface area contributed by atoms with E-state index in [0.29, 0.717) is 36.4 Å². The van der Waals surface area contributed by atoms with Crippen molar-refractivity contribution in [2.75, 3.05) is 25.5 Å². The van der Waals surface area contributed by atoms with E-state index in [-0.39, 0.29) is 37.1 Å². The fourth-order valence-corrected chi connectivity index (χ4v) is 3.71. The van der Waals surface area contributed by atoms with Gasteiger partial charge in [0, 0.05) is 19.3 Å². The number of fused-ring (bicyclic) bond motifs is 2. The van der Waals surface area contributed by atoms with Gasteiger partial charge in [-0.3, -0.25) is 9.59 Å². The Morgan fingerprint density at radius 2 is 2.10 bits per heavy atom. The lowest BCUT2D eigenvalue weighted by Crippen LogP contribution is -2.53. The van der Waals surface area contributed by atoms with E-state index in [9.17, 15) is 14.4 Å². The molecule has 2 heterocycles. The zero-order chi connectivity index (χ0) is 21.0. The summed E-state index contributed by atoms with van der Waals surface area (Å²) >= 11 is 0. The third-order valence-corrected chi connectivity index (χ3v) is 5.21. The lowest BCUT2D eigenvalue weighted by molar-refractivity contribution is -0.148. The van der Waals surface area contributed by atoms with Crippen LogP contribution in [0.15, 0.2) is 18.2 Å². The summed E-state index contributed by atoms with van der Waals surface area (Å²) < 4.78 is 11.8. The highest BCUT2D eigenvalue weighted by molar-refractivity contribution is 5.99. The Morgan fingerprint density at radius 3 is 2.83 bits per heavy atom. The molecule has 29 heavy (non-hydrogen) atoms. The zero-order valence-corrected chi connectivity index (χ0v) is 16.6. The maximum atomic E-state index is 13.1. The Bertz CT molecular complexity index is 783. The van der Waals surface area contributed by atoms with Crippen molar-refractivity contribution in [2.45, 2.75) is 50.9 Å². The molecule has 0 aromatic heterocycles. The van der Waals surface area contributed by atoms with Crippen LogP contribution in [0.4, 0.5) is 10.5 Å². The van der Waals surface area contributed by atoms with Gasteiger partial charge in [-0.05, 0) is 37.5 Å². The second-order valence-corrected chi connectivity index (χ2v) is 7.36. The molecule has 2 aliphatic rings. The minimum absolute atomic E-state index is 0.0629. The third kappa shape index (κ3) is 4.97. The van der Waals surface area contributed by atoms with Crippen molar-refractivity contribution in [3.8, 4) is 5.75 Å². The number of anilines is 1. The highest BCUT2D eigenvalue weighted by atomic mass is 16.5. The number of carboxylic acid groups (broad SMARTS) is 1. The molecule has 3 N–H and O–H groups in total. The molecule has 0 saturated carbocycles. The van der Waals surface area contributed by atoms with Crippen molar-refractivity contribution < 1.29 is 29.0 Å².